The number of hydrogen-bond donors (Lipinski definition) is 2. The molecular formula is C21H20N2O2S. The number of ether oxygens (including phenoxy) is 2. The first kappa shape index (κ1) is 17.8. The Labute approximate surface area is 158 Å². The molecule has 26 heavy (non-hydrogen) atoms. The van der Waals surface area contributed by atoms with Crippen molar-refractivity contribution in [1.29, 1.82) is 0 Å². The fraction of sp³-hybridized carbons (Fsp3) is 0.0952. The van der Waals surface area contributed by atoms with Crippen LogP contribution >= 0.6 is 12.2 Å². The highest BCUT2D eigenvalue weighted by molar-refractivity contribution is 7.80. The predicted molar refractivity (Wildman–Crippen MR) is 109 cm³/mol. The molecule has 0 atom stereocenters. The molecule has 0 saturated heterocycles. The molecule has 0 aliphatic rings. The van der Waals surface area contributed by atoms with Crippen LogP contribution in [0.4, 0.5) is 5.69 Å². The van der Waals surface area contributed by atoms with Gasteiger partial charge >= 0.3 is 0 Å². The maximum absolute atomic E-state index is 5.86. The summed E-state index contributed by atoms with van der Waals surface area (Å²) in [6, 6.07) is 25.3. The summed E-state index contributed by atoms with van der Waals surface area (Å²) in [5.41, 5.74) is 2.07. The molecule has 0 radical (unpaired) electrons. The fourth-order valence-corrected chi connectivity index (χ4v) is 2.58. The lowest BCUT2D eigenvalue weighted by Crippen LogP contribution is -2.27. The third kappa shape index (κ3) is 4.97. The molecule has 0 spiro atoms. The summed E-state index contributed by atoms with van der Waals surface area (Å²) in [7, 11) is 1.62. The molecule has 4 nitrogen and oxygen atoms in total. The van der Waals surface area contributed by atoms with Gasteiger partial charge in [-0.1, -0.05) is 42.5 Å². The zero-order chi connectivity index (χ0) is 18.2. The summed E-state index contributed by atoms with van der Waals surface area (Å²) in [4.78, 5) is 0. The lowest BCUT2D eigenvalue weighted by Gasteiger charge is -2.12. The van der Waals surface area contributed by atoms with Gasteiger partial charge in [-0.15, -0.1) is 0 Å². The number of para-hydroxylation sites is 2. The largest absolute Gasteiger partial charge is 0.493 e. The maximum Gasteiger partial charge on any atom is 0.171 e. The zero-order valence-corrected chi connectivity index (χ0v) is 15.3. The molecule has 0 bridgehead atoms. The summed E-state index contributed by atoms with van der Waals surface area (Å²) in [5, 5.41) is 6.93. The van der Waals surface area contributed by atoms with Gasteiger partial charge in [0.1, 0.15) is 5.75 Å². The molecule has 0 fully saturated rings. The van der Waals surface area contributed by atoms with E-state index < -0.39 is 0 Å². The van der Waals surface area contributed by atoms with Crippen molar-refractivity contribution in [3.8, 4) is 17.2 Å². The number of thiocarbonyl (C=S) groups is 1. The van der Waals surface area contributed by atoms with E-state index in [4.69, 9.17) is 21.7 Å². The van der Waals surface area contributed by atoms with Gasteiger partial charge in [-0.05, 0) is 54.2 Å². The molecule has 132 valence electrons. The molecule has 0 aliphatic heterocycles. The van der Waals surface area contributed by atoms with Crippen molar-refractivity contribution in [2.24, 2.45) is 0 Å². The zero-order valence-electron chi connectivity index (χ0n) is 14.4. The van der Waals surface area contributed by atoms with Crippen LogP contribution in [-0.2, 0) is 6.54 Å². The fourth-order valence-electron chi connectivity index (χ4n) is 2.39. The Morgan fingerprint density at radius 2 is 1.50 bits per heavy atom. The maximum atomic E-state index is 5.86. The van der Waals surface area contributed by atoms with Crippen LogP contribution in [0.2, 0.25) is 0 Å². The standard InChI is InChI=1S/C21H20N2O2S/c1-24-19-9-5-6-10-20(19)25-18-13-11-17(12-14-18)23-21(26)22-15-16-7-3-2-4-8-16/h2-14H,15H2,1H3,(H2,22,23,26). The van der Waals surface area contributed by atoms with Crippen LogP contribution in [0.3, 0.4) is 0 Å². The lowest BCUT2D eigenvalue weighted by atomic mass is 10.2. The Balaban J connectivity index is 1.55. The van der Waals surface area contributed by atoms with E-state index in [1.165, 1.54) is 5.56 Å². The quantitative estimate of drug-likeness (QED) is 0.604. The lowest BCUT2D eigenvalue weighted by molar-refractivity contribution is 0.379. The summed E-state index contributed by atoms with van der Waals surface area (Å²) >= 11 is 5.34. The molecule has 3 aromatic rings. The highest BCUT2D eigenvalue weighted by Crippen LogP contribution is 2.31. The van der Waals surface area contributed by atoms with Crippen LogP contribution in [0.1, 0.15) is 5.56 Å². The Bertz CT molecular complexity index is 851. The number of nitrogens with one attached hydrogen (secondary N) is 2. The number of methoxy groups -OCH3 is 1. The first-order chi connectivity index (χ1) is 12.7. The van der Waals surface area contributed by atoms with Crippen molar-refractivity contribution in [3.63, 3.8) is 0 Å². The molecule has 0 heterocycles. The monoisotopic (exact) mass is 364 g/mol. The Morgan fingerprint density at radius 3 is 2.19 bits per heavy atom. The Morgan fingerprint density at radius 1 is 0.846 bits per heavy atom. The van der Waals surface area contributed by atoms with Crippen LogP contribution < -0.4 is 20.1 Å². The molecule has 2 N–H and O–H groups in total. The average Bonchev–Trinajstić information content (AvgIpc) is 2.69. The molecule has 0 aliphatic carbocycles. The molecule has 0 amide bonds. The Kier molecular flexibility index (Phi) is 6.06. The molecule has 3 aromatic carbocycles. The van der Waals surface area contributed by atoms with Gasteiger partial charge in [0.2, 0.25) is 0 Å². The number of benzene rings is 3. The molecule has 3 rings (SSSR count). The van der Waals surface area contributed by atoms with E-state index in [-0.39, 0.29) is 0 Å². The van der Waals surface area contributed by atoms with Crippen molar-refractivity contribution in [1.82, 2.24) is 5.32 Å². The SMILES string of the molecule is COc1ccccc1Oc1ccc(NC(=S)NCc2ccccc2)cc1. The van der Waals surface area contributed by atoms with Gasteiger partial charge in [-0.2, -0.15) is 0 Å². The van der Waals surface area contributed by atoms with Gasteiger partial charge in [0.05, 0.1) is 7.11 Å². The van der Waals surface area contributed by atoms with E-state index in [1.54, 1.807) is 7.11 Å². The highest BCUT2D eigenvalue weighted by Gasteiger charge is 2.05. The van der Waals surface area contributed by atoms with E-state index in [2.05, 4.69) is 22.8 Å². The molecular weight excluding hydrogens is 344 g/mol. The van der Waals surface area contributed by atoms with Crippen molar-refractivity contribution >= 4 is 23.0 Å². The van der Waals surface area contributed by atoms with Crippen LogP contribution in [0.5, 0.6) is 17.2 Å². The minimum Gasteiger partial charge on any atom is -0.493 e. The van der Waals surface area contributed by atoms with E-state index in [0.29, 0.717) is 23.2 Å². The predicted octanol–water partition coefficient (Wildman–Crippen LogP) is 4.97. The van der Waals surface area contributed by atoms with Gasteiger partial charge in [-0.25, -0.2) is 0 Å². The summed E-state index contributed by atoms with van der Waals surface area (Å²) in [6.07, 6.45) is 0. The van der Waals surface area contributed by atoms with Crippen molar-refractivity contribution in [3.05, 3.63) is 84.4 Å². The minimum absolute atomic E-state index is 0.576. The Hall–Kier alpha value is -3.05. The second-order valence-electron chi connectivity index (χ2n) is 5.57. The number of hydrogen-bond acceptors (Lipinski definition) is 3. The van der Waals surface area contributed by atoms with Gasteiger partial charge in [0.15, 0.2) is 16.6 Å². The number of rotatable bonds is 6. The second-order valence-corrected chi connectivity index (χ2v) is 5.98. The van der Waals surface area contributed by atoms with Gasteiger partial charge in [0.25, 0.3) is 0 Å². The van der Waals surface area contributed by atoms with Crippen LogP contribution in [0.15, 0.2) is 78.9 Å². The topological polar surface area (TPSA) is 42.5 Å². The van der Waals surface area contributed by atoms with Crippen LogP contribution in [0.25, 0.3) is 0 Å². The van der Waals surface area contributed by atoms with E-state index in [9.17, 15) is 0 Å². The number of anilines is 1. The minimum atomic E-state index is 0.576. The average molecular weight is 364 g/mol. The van der Waals surface area contributed by atoms with Crippen LogP contribution in [-0.4, -0.2) is 12.2 Å². The van der Waals surface area contributed by atoms with Crippen molar-refractivity contribution in [2.45, 2.75) is 6.54 Å². The van der Waals surface area contributed by atoms with Gasteiger partial charge < -0.3 is 20.1 Å². The molecule has 0 saturated carbocycles. The van der Waals surface area contributed by atoms with E-state index >= 15 is 0 Å². The van der Waals surface area contributed by atoms with E-state index in [0.717, 1.165) is 11.4 Å². The van der Waals surface area contributed by atoms with E-state index in [1.807, 2.05) is 66.7 Å². The summed E-state index contributed by atoms with van der Waals surface area (Å²) in [5.74, 6) is 2.10. The van der Waals surface area contributed by atoms with Crippen LogP contribution in [0, 0.1) is 0 Å². The first-order valence-corrected chi connectivity index (χ1v) is 8.65. The third-order valence-corrected chi connectivity index (χ3v) is 3.95. The smallest absolute Gasteiger partial charge is 0.171 e. The first-order valence-electron chi connectivity index (χ1n) is 8.24. The molecule has 5 heteroatoms. The third-order valence-electron chi connectivity index (χ3n) is 3.70. The van der Waals surface area contributed by atoms with Gasteiger partial charge in [0, 0.05) is 12.2 Å². The van der Waals surface area contributed by atoms with Crippen molar-refractivity contribution in [2.75, 3.05) is 12.4 Å². The van der Waals surface area contributed by atoms with Gasteiger partial charge in [-0.3, -0.25) is 0 Å². The highest BCUT2D eigenvalue weighted by atomic mass is 32.1. The van der Waals surface area contributed by atoms with Crippen molar-refractivity contribution < 1.29 is 9.47 Å². The second kappa shape index (κ2) is 8.87. The molecule has 0 aromatic heterocycles. The summed E-state index contributed by atoms with van der Waals surface area (Å²) < 4.78 is 11.2. The normalized spacial score (nSPS) is 10.0. The molecule has 0 unspecified atom stereocenters. The summed E-state index contributed by atoms with van der Waals surface area (Å²) in [6.45, 7) is 0.682.